The number of esters is 2. The van der Waals surface area contributed by atoms with E-state index in [1.165, 1.54) is 14.2 Å². The Balaban J connectivity index is 2.16. The standard InChI is InChI=1S/C22H25NO7/c1-22(2)9-13(24)18-15(10-22)30-20(23)19(21(26)28-4)17(18)12-7-5-6-8-14(12)29-11-16(25)27-3/h5-8,17H,9-11,23H2,1-4H3/t17-/m1/s1. The number of methoxy groups -OCH3 is 2. The highest BCUT2D eigenvalue weighted by molar-refractivity contribution is 6.03. The van der Waals surface area contributed by atoms with Gasteiger partial charge in [-0.3, -0.25) is 4.79 Å². The summed E-state index contributed by atoms with van der Waals surface area (Å²) in [5.41, 5.74) is 6.71. The van der Waals surface area contributed by atoms with Crippen LogP contribution >= 0.6 is 0 Å². The molecule has 1 aromatic rings. The zero-order chi connectivity index (χ0) is 22.1. The van der Waals surface area contributed by atoms with Crippen molar-refractivity contribution in [1.29, 1.82) is 0 Å². The van der Waals surface area contributed by atoms with Crippen LogP contribution in [0.15, 0.2) is 47.1 Å². The minimum atomic E-state index is -0.835. The van der Waals surface area contributed by atoms with Crippen molar-refractivity contribution >= 4 is 17.7 Å². The summed E-state index contributed by atoms with van der Waals surface area (Å²) in [6.07, 6.45) is 0.788. The first-order valence-electron chi connectivity index (χ1n) is 9.49. The van der Waals surface area contributed by atoms with E-state index in [4.69, 9.17) is 19.9 Å². The molecule has 8 heteroatoms. The largest absolute Gasteiger partial charge is 0.482 e. The minimum Gasteiger partial charge on any atom is -0.482 e. The lowest BCUT2D eigenvalue weighted by Gasteiger charge is -2.38. The predicted molar refractivity (Wildman–Crippen MR) is 106 cm³/mol. The van der Waals surface area contributed by atoms with Gasteiger partial charge in [-0.05, 0) is 11.5 Å². The molecule has 0 bridgehead atoms. The average molecular weight is 415 g/mol. The Labute approximate surface area is 174 Å². The number of benzene rings is 1. The van der Waals surface area contributed by atoms with E-state index in [0.29, 0.717) is 35.5 Å². The van der Waals surface area contributed by atoms with Crippen molar-refractivity contribution in [2.24, 2.45) is 11.1 Å². The Kier molecular flexibility index (Phi) is 5.87. The summed E-state index contributed by atoms with van der Waals surface area (Å²) in [5.74, 6) is -1.58. The van der Waals surface area contributed by atoms with E-state index in [-0.39, 0.29) is 29.3 Å². The number of rotatable bonds is 5. The molecule has 1 aliphatic carbocycles. The highest BCUT2D eigenvalue weighted by Crippen LogP contribution is 2.49. The maximum Gasteiger partial charge on any atom is 0.343 e. The number of para-hydroxylation sites is 1. The van der Waals surface area contributed by atoms with Crippen LogP contribution in [-0.2, 0) is 28.6 Å². The number of carbonyl (C=O) groups excluding carboxylic acids is 3. The number of carbonyl (C=O) groups is 3. The third-order valence-electron chi connectivity index (χ3n) is 5.16. The van der Waals surface area contributed by atoms with Crippen LogP contribution in [0, 0.1) is 5.41 Å². The van der Waals surface area contributed by atoms with Crippen molar-refractivity contribution in [3.05, 3.63) is 52.6 Å². The fourth-order valence-electron chi connectivity index (χ4n) is 3.85. The van der Waals surface area contributed by atoms with Crippen molar-refractivity contribution < 1.29 is 33.3 Å². The minimum absolute atomic E-state index is 0.0263. The lowest BCUT2D eigenvalue weighted by Crippen LogP contribution is -2.35. The van der Waals surface area contributed by atoms with Crippen LogP contribution in [-0.4, -0.2) is 38.5 Å². The van der Waals surface area contributed by atoms with Gasteiger partial charge in [-0.1, -0.05) is 32.0 Å². The molecule has 1 heterocycles. The Morgan fingerprint density at radius 3 is 2.53 bits per heavy atom. The van der Waals surface area contributed by atoms with Crippen LogP contribution in [0.2, 0.25) is 0 Å². The van der Waals surface area contributed by atoms with E-state index in [0.717, 1.165) is 0 Å². The molecule has 3 rings (SSSR count). The first-order valence-corrected chi connectivity index (χ1v) is 9.49. The molecule has 0 saturated heterocycles. The van der Waals surface area contributed by atoms with Crippen LogP contribution in [0.25, 0.3) is 0 Å². The van der Waals surface area contributed by atoms with Crippen LogP contribution < -0.4 is 10.5 Å². The number of ketones is 1. The number of hydrogen-bond donors (Lipinski definition) is 1. The summed E-state index contributed by atoms with van der Waals surface area (Å²) in [5, 5.41) is 0. The summed E-state index contributed by atoms with van der Waals surface area (Å²) >= 11 is 0. The van der Waals surface area contributed by atoms with Gasteiger partial charge in [-0.25, -0.2) is 9.59 Å². The zero-order valence-corrected chi connectivity index (χ0v) is 17.4. The molecule has 1 atom stereocenters. The van der Waals surface area contributed by atoms with E-state index >= 15 is 0 Å². The van der Waals surface area contributed by atoms with E-state index in [1.54, 1.807) is 24.3 Å². The second-order valence-electron chi connectivity index (χ2n) is 7.99. The van der Waals surface area contributed by atoms with Gasteiger partial charge in [0.05, 0.1) is 20.1 Å². The fourth-order valence-corrected chi connectivity index (χ4v) is 3.85. The van der Waals surface area contributed by atoms with Crippen LogP contribution in [0.1, 0.15) is 38.2 Å². The molecule has 1 aliphatic heterocycles. The highest BCUT2D eigenvalue weighted by Gasteiger charge is 2.45. The molecule has 0 aromatic heterocycles. The molecular weight excluding hydrogens is 390 g/mol. The molecule has 160 valence electrons. The van der Waals surface area contributed by atoms with Gasteiger partial charge in [0.25, 0.3) is 0 Å². The van der Waals surface area contributed by atoms with E-state index < -0.39 is 17.9 Å². The maximum atomic E-state index is 13.1. The summed E-state index contributed by atoms with van der Waals surface area (Å²) < 4.78 is 20.9. The van der Waals surface area contributed by atoms with E-state index in [2.05, 4.69) is 4.74 Å². The highest BCUT2D eigenvalue weighted by atomic mass is 16.6. The van der Waals surface area contributed by atoms with Crippen molar-refractivity contribution in [1.82, 2.24) is 0 Å². The van der Waals surface area contributed by atoms with Gasteiger partial charge < -0.3 is 24.7 Å². The van der Waals surface area contributed by atoms with Gasteiger partial charge in [0.1, 0.15) is 17.1 Å². The Bertz CT molecular complexity index is 958. The molecule has 2 aliphatic rings. The summed E-state index contributed by atoms with van der Waals surface area (Å²) in [4.78, 5) is 37.3. The maximum absolute atomic E-state index is 13.1. The normalized spacial score (nSPS) is 20.3. The fraction of sp³-hybridized carbons (Fsp3) is 0.409. The molecule has 30 heavy (non-hydrogen) atoms. The first kappa shape index (κ1) is 21.4. The molecule has 0 fully saturated rings. The van der Waals surface area contributed by atoms with Gasteiger partial charge >= 0.3 is 11.9 Å². The lowest BCUT2D eigenvalue weighted by molar-refractivity contribution is -0.143. The number of Topliss-reactive ketones (excluding diaryl/α,β-unsaturated/α-hetero) is 1. The average Bonchev–Trinajstić information content (AvgIpc) is 2.69. The van der Waals surface area contributed by atoms with Gasteiger partial charge in [-0.2, -0.15) is 0 Å². The molecule has 0 amide bonds. The molecule has 0 spiro atoms. The van der Waals surface area contributed by atoms with Gasteiger partial charge in [-0.15, -0.1) is 0 Å². The Morgan fingerprint density at radius 2 is 1.87 bits per heavy atom. The second kappa shape index (κ2) is 8.22. The summed E-state index contributed by atoms with van der Waals surface area (Å²) in [7, 11) is 2.49. The third-order valence-corrected chi connectivity index (χ3v) is 5.16. The molecule has 0 radical (unpaired) electrons. The number of ether oxygens (including phenoxy) is 4. The lowest BCUT2D eigenvalue weighted by atomic mass is 9.70. The molecule has 8 nitrogen and oxygen atoms in total. The second-order valence-corrected chi connectivity index (χ2v) is 7.99. The Morgan fingerprint density at radius 1 is 1.17 bits per heavy atom. The van der Waals surface area contributed by atoms with Crippen molar-refractivity contribution in [3.8, 4) is 5.75 Å². The predicted octanol–water partition coefficient (Wildman–Crippen LogP) is 2.34. The molecule has 2 N–H and O–H groups in total. The van der Waals surface area contributed by atoms with Crippen molar-refractivity contribution in [3.63, 3.8) is 0 Å². The summed E-state index contributed by atoms with van der Waals surface area (Å²) in [6, 6.07) is 6.84. The van der Waals surface area contributed by atoms with Gasteiger partial charge in [0, 0.05) is 24.0 Å². The number of hydrogen-bond acceptors (Lipinski definition) is 8. The quantitative estimate of drug-likeness (QED) is 0.729. The number of nitrogens with two attached hydrogens (primary N) is 1. The Hall–Kier alpha value is -3.29. The van der Waals surface area contributed by atoms with E-state index in [1.807, 2.05) is 13.8 Å². The van der Waals surface area contributed by atoms with Crippen LogP contribution in [0.3, 0.4) is 0 Å². The zero-order valence-electron chi connectivity index (χ0n) is 17.4. The van der Waals surface area contributed by atoms with Crippen LogP contribution in [0.5, 0.6) is 5.75 Å². The van der Waals surface area contributed by atoms with E-state index in [9.17, 15) is 14.4 Å². The van der Waals surface area contributed by atoms with Crippen molar-refractivity contribution in [2.75, 3.05) is 20.8 Å². The molecular formula is C22H25NO7. The number of allylic oxidation sites excluding steroid dienone is 2. The van der Waals surface area contributed by atoms with Crippen molar-refractivity contribution in [2.45, 2.75) is 32.6 Å². The molecule has 0 saturated carbocycles. The summed E-state index contributed by atoms with van der Waals surface area (Å²) in [6.45, 7) is 3.61. The van der Waals surface area contributed by atoms with Gasteiger partial charge in [0.15, 0.2) is 12.4 Å². The smallest absolute Gasteiger partial charge is 0.343 e. The first-order chi connectivity index (χ1) is 14.2. The monoisotopic (exact) mass is 415 g/mol. The van der Waals surface area contributed by atoms with Crippen LogP contribution in [0.4, 0.5) is 0 Å². The topological polar surface area (TPSA) is 114 Å². The van der Waals surface area contributed by atoms with Gasteiger partial charge in [0.2, 0.25) is 5.88 Å². The molecule has 0 unspecified atom stereocenters. The third kappa shape index (κ3) is 4.03. The molecule has 1 aromatic carbocycles. The SMILES string of the molecule is COC(=O)COc1ccccc1[C@H]1C(C(=O)OC)=C(N)OC2=C1C(=O)CC(C)(C)C2.